The highest BCUT2D eigenvalue weighted by Gasteiger charge is 2.26. The van der Waals surface area contributed by atoms with Crippen molar-refractivity contribution in [3.8, 4) is 5.75 Å². The van der Waals surface area contributed by atoms with E-state index in [0.29, 0.717) is 12.5 Å². The molecule has 2 rings (SSSR count). The standard InChI is InChI=1S/C16H25NO3S/c1-20-15-10-6-9-14(11-15)16(12-17-21(2,18)19)13-7-4-3-5-8-13/h6,9-11,13,16-17H,3-5,7-8,12H2,1-2H3/t16-/m0/s1. The number of benzene rings is 1. The van der Waals surface area contributed by atoms with Gasteiger partial charge >= 0.3 is 0 Å². The largest absolute Gasteiger partial charge is 0.497 e. The van der Waals surface area contributed by atoms with Crippen LogP contribution in [-0.4, -0.2) is 28.3 Å². The monoisotopic (exact) mass is 311 g/mol. The SMILES string of the molecule is COc1cccc([C@@H](CNS(C)(=O)=O)C2CCCCC2)c1. The Bertz CT molecular complexity index is 550. The van der Waals surface area contributed by atoms with Crippen LogP contribution >= 0.6 is 0 Å². The molecule has 1 atom stereocenters. The number of rotatable bonds is 6. The van der Waals surface area contributed by atoms with Gasteiger partial charge in [0.1, 0.15) is 5.75 Å². The van der Waals surface area contributed by atoms with Crippen molar-refractivity contribution in [2.24, 2.45) is 5.92 Å². The molecule has 1 fully saturated rings. The van der Waals surface area contributed by atoms with Gasteiger partial charge in [0.05, 0.1) is 13.4 Å². The summed E-state index contributed by atoms with van der Waals surface area (Å²) in [4.78, 5) is 0. The van der Waals surface area contributed by atoms with Crippen molar-refractivity contribution >= 4 is 10.0 Å². The van der Waals surface area contributed by atoms with Gasteiger partial charge in [-0.2, -0.15) is 0 Å². The first kappa shape index (κ1) is 16.3. The summed E-state index contributed by atoms with van der Waals surface area (Å²) in [5, 5.41) is 0. The van der Waals surface area contributed by atoms with Crippen molar-refractivity contribution in [1.82, 2.24) is 4.72 Å². The molecule has 0 bridgehead atoms. The van der Waals surface area contributed by atoms with Crippen LogP contribution in [0.25, 0.3) is 0 Å². The zero-order valence-electron chi connectivity index (χ0n) is 12.8. The minimum atomic E-state index is -3.16. The lowest BCUT2D eigenvalue weighted by molar-refractivity contribution is 0.303. The van der Waals surface area contributed by atoms with Gasteiger partial charge in [-0.25, -0.2) is 13.1 Å². The van der Waals surface area contributed by atoms with Gasteiger partial charge in [-0.1, -0.05) is 31.4 Å². The number of hydrogen-bond acceptors (Lipinski definition) is 3. The van der Waals surface area contributed by atoms with Crippen LogP contribution < -0.4 is 9.46 Å². The van der Waals surface area contributed by atoms with Crippen molar-refractivity contribution in [3.63, 3.8) is 0 Å². The number of hydrogen-bond donors (Lipinski definition) is 1. The maximum Gasteiger partial charge on any atom is 0.208 e. The molecule has 0 amide bonds. The first-order valence-corrected chi connectivity index (χ1v) is 9.47. The van der Waals surface area contributed by atoms with Gasteiger partial charge in [-0.3, -0.25) is 0 Å². The van der Waals surface area contributed by atoms with Gasteiger partial charge in [0, 0.05) is 12.5 Å². The van der Waals surface area contributed by atoms with Crippen LogP contribution in [0.1, 0.15) is 43.6 Å². The average molecular weight is 311 g/mol. The molecule has 0 saturated heterocycles. The van der Waals surface area contributed by atoms with Crippen LogP contribution in [0.5, 0.6) is 5.75 Å². The van der Waals surface area contributed by atoms with E-state index in [9.17, 15) is 8.42 Å². The third-order valence-electron chi connectivity index (χ3n) is 4.31. The highest BCUT2D eigenvalue weighted by atomic mass is 32.2. The van der Waals surface area contributed by atoms with E-state index >= 15 is 0 Å². The molecule has 0 unspecified atom stereocenters. The summed E-state index contributed by atoms with van der Waals surface area (Å²) in [6.07, 6.45) is 7.34. The lowest BCUT2D eigenvalue weighted by atomic mass is 9.77. The zero-order valence-corrected chi connectivity index (χ0v) is 13.7. The highest BCUT2D eigenvalue weighted by Crippen LogP contribution is 2.36. The molecule has 21 heavy (non-hydrogen) atoms. The van der Waals surface area contributed by atoms with Crippen LogP contribution in [0.4, 0.5) is 0 Å². The summed E-state index contributed by atoms with van der Waals surface area (Å²) in [5.41, 5.74) is 1.16. The maximum atomic E-state index is 11.4. The van der Waals surface area contributed by atoms with Crippen LogP contribution in [0.2, 0.25) is 0 Å². The Labute approximate surface area is 127 Å². The molecule has 118 valence electrons. The Balaban J connectivity index is 2.20. The van der Waals surface area contributed by atoms with Crippen molar-refractivity contribution in [1.29, 1.82) is 0 Å². The molecule has 1 aromatic rings. The summed E-state index contributed by atoms with van der Waals surface area (Å²) in [7, 11) is -1.51. The summed E-state index contributed by atoms with van der Waals surface area (Å²) in [6, 6.07) is 8.00. The van der Waals surface area contributed by atoms with Crippen LogP contribution in [-0.2, 0) is 10.0 Å². The van der Waals surface area contributed by atoms with E-state index in [1.54, 1.807) is 7.11 Å². The molecule has 1 aliphatic rings. The molecule has 1 aromatic carbocycles. The van der Waals surface area contributed by atoms with E-state index in [2.05, 4.69) is 10.8 Å². The Morgan fingerprint density at radius 3 is 2.62 bits per heavy atom. The average Bonchev–Trinajstić information content (AvgIpc) is 2.48. The van der Waals surface area contributed by atoms with E-state index in [-0.39, 0.29) is 5.92 Å². The summed E-state index contributed by atoms with van der Waals surface area (Å²) in [6.45, 7) is 0.469. The van der Waals surface area contributed by atoms with Gasteiger partial charge in [0.15, 0.2) is 0 Å². The normalized spacial score (nSPS) is 18.4. The van der Waals surface area contributed by atoms with Crippen LogP contribution in [0, 0.1) is 5.92 Å². The lowest BCUT2D eigenvalue weighted by Crippen LogP contribution is -2.31. The van der Waals surface area contributed by atoms with Gasteiger partial charge in [-0.05, 0) is 36.5 Å². The van der Waals surface area contributed by atoms with Crippen molar-refractivity contribution in [2.45, 2.75) is 38.0 Å². The molecular weight excluding hydrogens is 286 g/mol. The Hall–Kier alpha value is -1.07. The van der Waals surface area contributed by atoms with E-state index in [0.717, 1.165) is 11.3 Å². The molecule has 0 aliphatic heterocycles. The predicted octanol–water partition coefficient (Wildman–Crippen LogP) is 2.91. The first-order chi connectivity index (χ1) is 9.99. The number of nitrogens with one attached hydrogen (secondary N) is 1. The van der Waals surface area contributed by atoms with Gasteiger partial charge < -0.3 is 4.74 Å². The third-order valence-corrected chi connectivity index (χ3v) is 5.00. The van der Waals surface area contributed by atoms with Gasteiger partial charge in [-0.15, -0.1) is 0 Å². The summed E-state index contributed by atoms with van der Waals surface area (Å²) < 4.78 is 30.9. The second-order valence-corrected chi connectivity index (χ2v) is 7.73. The van der Waals surface area contributed by atoms with Crippen LogP contribution in [0.15, 0.2) is 24.3 Å². The molecule has 1 N–H and O–H groups in total. The number of methoxy groups -OCH3 is 1. The molecule has 0 aromatic heterocycles. The zero-order chi connectivity index (χ0) is 15.3. The number of ether oxygens (including phenoxy) is 1. The Kier molecular flexibility index (Phi) is 5.65. The molecule has 1 aliphatic carbocycles. The summed E-state index contributed by atoms with van der Waals surface area (Å²) in [5.74, 6) is 1.59. The van der Waals surface area contributed by atoms with Crippen molar-refractivity contribution in [3.05, 3.63) is 29.8 Å². The van der Waals surface area contributed by atoms with Crippen molar-refractivity contribution in [2.75, 3.05) is 19.9 Å². The Morgan fingerprint density at radius 1 is 1.29 bits per heavy atom. The predicted molar refractivity (Wildman–Crippen MR) is 85.2 cm³/mol. The molecule has 0 spiro atoms. The second kappa shape index (κ2) is 7.27. The van der Waals surface area contributed by atoms with E-state index in [4.69, 9.17) is 4.74 Å². The van der Waals surface area contributed by atoms with E-state index < -0.39 is 10.0 Å². The highest BCUT2D eigenvalue weighted by molar-refractivity contribution is 7.88. The third kappa shape index (κ3) is 5.00. The molecule has 4 nitrogen and oxygen atoms in total. The molecule has 5 heteroatoms. The van der Waals surface area contributed by atoms with E-state index in [1.165, 1.54) is 38.4 Å². The molecule has 1 saturated carbocycles. The smallest absolute Gasteiger partial charge is 0.208 e. The second-order valence-electron chi connectivity index (χ2n) is 5.90. The maximum absolute atomic E-state index is 11.4. The Morgan fingerprint density at radius 2 is 2.00 bits per heavy atom. The van der Waals surface area contributed by atoms with E-state index in [1.807, 2.05) is 18.2 Å². The molecular formula is C16H25NO3S. The van der Waals surface area contributed by atoms with Crippen LogP contribution in [0.3, 0.4) is 0 Å². The molecule has 0 heterocycles. The number of sulfonamides is 1. The molecule has 0 radical (unpaired) electrons. The topological polar surface area (TPSA) is 55.4 Å². The lowest BCUT2D eigenvalue weighted by Gasteiger charge is -2.31. The van der Waals surface area contributed by atoms with Gasteiger partial charge in [0.25, 0.3) is 0 Å². The minimum Gasteiger partial charge on any atom is -0.497 e. The fourth-order valence-electron chi connectivity index (χ4n) is 3.21. The van der Waals surface area contributed by atoms with Gasteiger partial charge in [0.2, 0.25) is 10.0 Å². The van der Waals surface area contributed by atoms with Crippen molar-refractivity contribution < 1.29 is 13.2 Å². The fourth-order valence-corrected chi connectivity index (χ4v) is 3.69. The quantitative estimate of drug-likeness (QED) is 0.879. The summed E-state index contributed by atoms with van der Waals surface area (Å²) >= 11 is 0. The first-order valence-electron chi connectivity index (χ1n) is 7.58. The minimum absolute atomic E-state index is 0.218. The fraction of sp³-hybridized carbons (Fsp3) is 0.625.